The maximum Gasteiger partial charge on any atom is 0.246 e. The average molecular weight is 328 g/mol. The van der Waals surface area contributed by atoms with Gasteiger partial charge in [0.25, 0.3) is 0 Å². The quantitative estimate of drug-likeness (QED) is 0.759. The molecule has 0 amide bonds. The highest BCUT2D eigenvalue weighted by Crippen LogP contribution is 2.28. The molecule has 0 saturated carbocycles. The second-order valence-corrected chi connectivity index (χ2v) is 7.19. The molecular weight excluding hydrogens is 304 g/mol. The number of nitrogens with one attached hydrogen (secondary N) is 1. The average Bonchev–Trinajstić information content (AvgIpc) is 2.55. The molecule has 124 valence electrons. The molecule has 1 unspecified atom stereocenters. The molecule has 6 nitrogen and oxygen atoms in total. The van der Waals surface area contributed by atoms with E-state index in [2.05, 4.69) is 5.32 Å². The lowest BCUT2D eigenvalue weighted by molar-refractivity contribution is 0.144. The van der Waals surface area contributed by atoms with Crippen LogP contribution < -0.4 is 10.1 Å². The summed E-state index contributed by atoms with van der Waals surface area (Å²) in [7, 11) is -0.101. The van der Waals surface area contributed by atoms with E-state index in [1.165, 1.54) is 4.31 Å². The second kappa shape index (κ2) is 7.92. The summed E-state index contributed by atoms with van der Waals surface area (Å²) in [5.41, 5.74) is 0. The number of hydrogen-bond donors (Lipinski definition) is 1. The van der Waals surface area contributed by atoms with Gasteiger partial charge in [-0.1, -0.05) is 12.1 Å². The number of hydrogen-bond acceptors (Lipinski definition) is 5. The molecule has 2 rings (SSSR count). The third-order valence-electron chi connectivity index (χ3n) is 3.80. The van der Waals surface area contributed by atoms with Crippen LogP contribution in [0.2, 0.25) is 0 Å². The van der Waals surface area contributed by atoms with Crippen LogP contribution in [-0.4, -0.2) is 59.2 Å². The third kappa shape index (κ3) is 3.98. The molecule has 1 N–H and O–H groups in total. The molecule has 1 aliphatic rings. The Hall–Kier alpha value is -1.15. The van der Waals surface area contributed by atoms with Crippen molar-refractivity contribution in [1.29, 1.82) is 0 Å². The van der Waals surface area contributed by atoms with E-state index in [4.69, 9.17) is 9.47 Å². The summed E-state index contributed by atoms with van der Waals surface area (Å²) in [6.07, 6.45) is 1.85. The van der Waals surface area contributed by atoms with Gasteiger partial charge in [0.1, 0.15) is 17.3 Å². The van der Waals surface area contributed by atoms with Gasteiger partial charge < -0.3 is 14.8 Å². The first kappa shape index (κ1) is 17.2. The molecule has 1 aliphatic heterocycles. The Bertz CT molecular complexity index is 577. The molecular formula is C15H24N2O4S. The van der Waals surface area contributed by atoms with Crippen molar-refractivity contribution in [2.24, 2.45) is 0 Å². The Morgan fingerprint density at radius 2 is 2.09 bits per heavy atom. The summed E-state index contributed by atoms with van der Waals surface area (Å²) in [5.74, 6) is 0.381. The van der Waals surface area contributed by atoms with E-state index in [9.17, 15) is 8.42 Å². The minimum Gasteiger partial charge on any atom is -0.490 e. The lowest BCUT2D eigenvalue weighted by Gasteiger charge is -2.32. The normalized spacial score (nSPS) is 20.0. The summed E-state index contributed by atoms with van der Waals surface area (Å²) in [5, 5.41) is 3.16. The molecule has 22 heavy (non-hydrogen) atoms. The van der Waals surface area contributed by atoms with Crippen LogP contribution in [0.25, 0.3) is 0 Å². The fourth-order valence-electron chi connectivity index (χ4n) is 2.55. The van der Waals surface area contributed by atoms with E-state index in [1.807, 2.05) is 7.05 Å². The van der Waals surface area contributed by atoms with Gasteiger partial charge in [0, 0.05) is 26.2 Å². The summed E-state index contributed by atoms with van der Waals surface area (Å²) in [4.78, 5) is 0.225. The van der Waals surface area contributed by atoms with Gasteiger partial charge in [0.15, 0.2) is 0 Å². The minimum atomic E-state index is -3.55. The van der Waals surface area contributed by atoms with Crippen LogP contribution in [0.1, 0.15) is 12.8 Å². The van der Waals surface area contributed by atoms with E-state index in [0.29, 0.717) is 32.1 Å². The van der Waals surface area contributed by atoms with Crippen LogP contribution in [-0.2, 0) is 14.8 Å². The van der Waals surface area contributed by atoms with Crippen molar-refractivity contribution in [2.45, 2.75) is 23.8 Å². The Morgan fingerprint density at radius 3 is 2.82 bits per heavy atom. The van der Waals surface area contributed by atoms with Crippen LogP contribution in [0.15, 0.2) is 29.2 Å². The number of rotatable bonds is 7. The highest BCUT2D eigenvalue weighted by atomic mass is 32.2. The number of sulfonamides is 1. The molecule has 1 heterocycles. The minimum absolute atomic E-state index is 0.199. The van der Waals surface area contributed by atoms with Gasteiger partial charge in [0.2, 0.25) is 10.0 Å². The van der Waals surface area contributed by atoms with Gasteiger partial charge >= 0.3 is 0 Å². The fourth-order valence-corrected chi connectivity index (χ4v) is 4.21. The van der Waals surface area contributed by atoms with Crippen molar-refractivity contribution in [3.63, 3.8) is 0 Å². The highest BCUT2D eigenvalue weighted by Gasteiger charge is 2.31. The Kier molecular flexibility index (Phi) is 6.19. The maximum absolute atomic E-state index is 12.9. The van der Waals surface area contributed by atoms with Crippen molar-refractivity contribution < 1.29 is 17.9 Å². The van der Waals surface area contributed by atoms with Crippen LogP contribution in [0.5, 0.6) is 5.75 Å². The van der Waals surface area contributed by atoms with Crippen LogP contribution >= 0.6 is 0 Å². The SMILES string of the molecule is CNC1CCCN(S(=O)(=O)c2ccccc2OCCOC)C1. The van der Waals surface area contributed by atoms with Gasteiger partial charge in [0.05, 0.1) is 6.61 Å². The first-order chi connectivity index (χ1) is 10.6. The molecule has 0 aromatic heterocycles. The van der Waals surface area contributed by atoms with E-state index in [1.54, 1.807) is 31.4 Å². The van der Waals surface area contributed by atoms with E-state index in [0.717, 1.165) is 12.8 Å². The van der Waals surface area contributed by atoms with Gasteiger partial charge in [-0.2, -0.15) is 4.31 Å². The molecule has 0 bridgehead atoms. The van der Waals surface area contributed by atoms with Crippen molar-refractivity contribution in [2.75, 3.05) is 40.5 Å². The highest BCUT2D eigenvalue weighted by molar-refractivity contribution is 7.89. The predicted molar refractivity (Wildman–Crippen MR) is 84.7 cm³/mol. The number of benzene rings is 1. The van der Waals surface area contributed by atoms with Crippen LogP contribution in [0.3, 0.4) is 0 Å². The number of nitrogens with zero attached hydrogens (tertiary/aromatic N) is 1. The number of para-hydroxylation sites is 1. The van der Waals surface area contributed by atoms with Crippen molar-refractivity contribution in [1.82, 2.24) is 9.62 Å². The lowest BCUT2D eigenvalue weighted by Crippen LogP contribution is -2.46. The lowest BCUT2D eigenvalue weighted by atomic mass is 10.1. The number of methoxy groups -OCH3 is 1. The molecule has 7 heteroatoms. The molecule has 0 aliphatic carbocycles. The standard InChI is InChI=1S/C15H24N2O4S/c1-16-13-6-5-9-17(12-13)22(18,19)15-8-4-3-7-14(15)21-11-10-20-2/h3-4,7-8,13,16H,5-6,9-12H2,1-2H3. The first-order valence-corrected chi connectivity index (χ1v) is 8.91. The van der Waals surface area contributed by atoms with E-state index < -0.39 is 10.0 Å². The van der Waals surface area contributed by atoms with E-state index in [-0.39, 0.29) is 10.9 Å². The zero-order chi connectivity index (χ0) is 16.0. The largest absolute Gasteiger partial charge is 0.490 e. The summed E-state index contributed by atoms with van der Waals surface area (Å²) < 4.78 is 37.8. The third-order valence-corrected chi connectivity index (χ3v) is 5.71. The zero-order valence-corrected chi connectivity index (χ0v) is 13.9. The van der Waals surface area contributed by atoms with Crippen LogP contribution in [0.4, 0.5) is 0 Å². The zero-order valence-electron chi connectivity index (χ0n) is 13.1. The van der Waals surface area contributed by atoms with Crippen molar-refractivity contribution >= 4 is 10.0 Å². The number of piperidine rings is 1. The Labute approximate surface area is 132 Å². The first-order valence-electron chi connectivity index (χ1n) is 7.47. The smallest absolute Gasteiger partial charge is 0.246 e. The number of ether oxygens (including phenoxy) is 2. The molecule has 1 saturated heterocycles. The summed E-state index contributed by atoms with van der Waals surface area (Å²) in [6.45, 7) is 1.78. The summed E-state index contributed by atoms with van der Waals surface area (Å²) >= 11 is 0. The van der Waals surface area contributed by atoms with Crippen molar-refractivity contribution in [3.05, 3.63) is 24.3 Å². The Balaban J connectivity index is 2.21. The maximum atomic E-state index is 12.9. The van der Waals surface area contributed by atoms with Crippen LogP contribution in [0, 0.1) is 0 Å². The van der Waals surface area contributed by atoms with Gasteiger partial charge in [-0.15, -0.1) is 0 Å². The van der Waals surface area contributed by atoms with Gasteiger partial charge in [-0.25, -0.2) is 8.42 Å². The Morgan fingerprint density at radius 1 is 1.32 bits per heavy atom. The molecule has 1 fully saturated rings. The monoisotopic (exact) mass is 328 g/mol. The molecule has 0 radical (unpaired) electrons. The molecule has 1 aromatic rings. The van der Waals surface area contributed by atoms with Gasteiger partial charge in [-0.3, -0.25) is 0 Å². The van der Waals surface area contributed by atoms with Crippen molar-refractivity contribution in [3.8, 4) is 5.75 Å². The van der Waals surface area contributed by atoms with Gasteiger partial charge in [-0.05, 0) is 32.0 Å². The molecule has 1 aromatic carbocycles. The predicted octanol–water partition coefficient (Wildman–Crippen LogP) is 1.08. The fraction of sp³-hybridized carbons (Fsp3) is 0.600. The second-order valence-electron chi connectivity index (χ2n) is 5.28. The van der Waals surface area contributed by atoms with E-state index >= 15 is 0 Å². The molecule has 0 spiro atoms. The topological polar surface area (TPSA) is 67.9 Å². The summed E-state index contributed by atoms with van der Waals surface area (Å²) in [6, 6.07) is 6.97. The number of likely N-dealkylation sites (N-methyl/N-ethyl adjacent to an activating group) is 1. The molecule has 1 atom stereocenters.